The Morgan fingerprint density at radius 3 is 2.04 bits per heavy atom. The van der Waals surface area contributed by atoms with Crippen molar-refractivity contribution in [1.82, 2.24) is 10.0 Å². The molecule has 0 radical (unpaired) electrons. The maximum atomic E-state index is 12.3. The Morgan fingerprint density at radius 2 is 1.50 bits per heavy atom. The minimum atomic E-state index is -3.59. The van der Waals surface area contributed by atoms with Gasteiger partial charge in [-0.1, -0.05) is 50.6 Å². The van der Waals surface area contributed by atoms with Gasteiger partial charge in [-0.05, 0) is 42.2 Å². The molecule has 6 heteroatoms. The second-order valence-corrected chi connectivity index (χ2v) is 9.06. The summed E-state index contributed by atoms with van der Waals surface area (Å²) in [5.41, 5.74) is 2.67. The molecule has 140 valence electrons. The van der Waals surface area contributed by atoms with Gasteiger partial charge in [0.05, 0.1) is 4.90 Å². The zero-order valence-electron chi connectivity index (χ0n) is 15.7. The largest absolute Gasteiger partial charge is 0.351 e. The molecule has 2 rings (SSSR count). The molecule has 0 saturated heterocycles. The summed E-state index contributed by atoms with van der Waals surface area (Å²) in [6, 6.07) is 14.1. The van der Waals surface area contributed by atoms with Gasteiger partial charge in [-0.2, -0.15) is 0 Å². The van der Waals surface area contributed by atoms with Crippen molar-refractivity contribution in [2.24, 2.45) is 0 Å². The molecule has 0 spiro atoms. The third-order valence-corrected chi connectivity index (χ3v) is 5.52. The molecule has 1 amide bonds. The number of carbonyl (C=O) groups excluding carboxylic acids is 1. The number of sulfonamides is 1. The highest BCUT2D eigenvalue weighted by Gasteiger charge is 2.17. The van der Waals surface area contributed by atoms with Crippen molar-refractivity contribution in [3.05, 3.63) is 65.2 Å². The van der Waals surface area contributed by atoms with E-state index in [0.717, 1.165) is 11.1 Å². The van der Waals surface area contributed by atoms with Gasteiger partial charge in [0.15, 0.2) is 0 Å². The van der Waals surface area contributed by atoms with Crippen LogP contribution in [0.25, 0.3) is 0 Å². The van der Waals surface area contributed by atoms with E-state index >= 15 is 0 Å². The lowest BCUT2D eigenvalue weighted by Gasteiger charge is -2.19. The van der Waals surface area contributed by atoms with Crippen molar-refractivity contribution in [2.75, 3.05) is 13.1 Å². The van der Waals surface area contributed by atoms with Crippen LogP contribution in [0.15, 0.2) is 53.4 Å². The van der Waals surface area contributed by atoms with Crippen LogP contribution in [0.2, 0.25) is 0 Å². The first kappa shape index (κ1) is 20.1. The van der Waals surface area contributed by atoms with Crippen molar-refractivity contribution in [3.63, 3.8) is 0 Å². The average Bonchev–Trinajstić information content (AvgIpc) is 2.58. The number of rotatable bonds is 6. The lowest BCUT2D eigenvalue weighted by molar-refractivity contribution is 0.0954. The first-order chi connectivity index (χ1) is 12.1. The predicted molar refractivity (Wildman–Crippen MR) is 104 cm³/mol. The Morgan fingerprint density at radius 1 is 0.923 bits per heavy atom. The van der Waals surface area contributed by atoms with Crippen molar-refractivity contribution in [2.45, 2.75) is 38.0 Å². The van der Waals surface area contributed by atoms with E-state index < -0.39 is 10.0 Å². The summed E-state index contributed by atoms with van der Waals surface area (Å²) in [4.78, 5) is 12.2. The number of amides is 1. The molecule has 0 heterocycles. The summed E-state index contributed by atoms with van der Waals surface area (Å²) in [7, 11) is -3.59. The molecule has 0 atom stereocenters. The molecule has 0 aliphatic carbocycles. The zero-order valence-corrected chi connectivity index (χ0v) is 16.5. The fourth-order valence-corrected chi connectivity index (χ4v) is 3.42. The Balaban J connectivity index is 1.88. The van der Waals surface area contributed by atoms with Gasteiger partial charge in [0.2, 0.25) is 10.0 Å². The first-order valence-corrected chi connectivity index (χ1v) is 10.0. The second kappa shape index (κ2) is 8.01. The Kier molecular flexibility index (Phi) is 6.21. The molecule has 0 bridgehead atoms. The van der Waals surface area contributed by atoms with Crippen LogP contribution in [0.5, 0.6) is 0 Å². The highest BCUT2D eigenvalue weighted by molar-refractivity contribution is 7.89. The van der Waals surface area contributed by atoms with Crippen molar-refractivity contribution >= 4 is 15.9 Å². The summed E-state index contributed by atoms with van der Waals surface area (Å²) in [6.45, 7) is 8.51. The van der Waals surface area contributed by atoms with Gasteiger partial charge in [0.25, 0.3) is 5.91 Å². The minimum Gasteiger partial charge on any atom is -0.351 e. The normalized spacial score (nSPS) is 12.0. The van der Waals surface area contributed by atoms with Crippen LogP contribution >= 0.6 is 0 Å². The minimum absolute atomic E-state index is 0.0318. The maximum absolute atomic E-state index is 12.3. The molecular weight excluding hydrogens is 348 g/mol. The monoisotopic (exact) mass is 374 g/mol. The van der Waals surface area contributed by atoms with Gasteiger partial charge in [0.1, 0.15) is 0 Å². The lowest BCUT2D eigenvalue weighted by atomic mass is 9.87. The van der Waals surface area contributed by atoms with E-state index in [1.165, 1.54) is 0 Å². The Bertz CT molecular complexity index is 849. The van der Waals surface area contributed by atoms with Crippen LogP contribution in [-0.2, 0) is 15.4 Å². The van der Waals surface area contributed by atoms with E-state index in [-0.39, 0.29) is 29.3 Å². The zero-order chi connectivity index (χ0) is 19.4. The van der Waals surface area contributed by atoms with Gasteiger partial charge in [-0.3, -0.25) is 4.79 Å². The van der Waals surface area contributed by atoms with Crippen molar-refractivity contribution in [1.29, 1.82) is 0 Å². The Hall–Kier alpha value is -2.18. The molecule has 26 heavy (non-hydrogen) atoms. The molecular formula is C20H26N2O3S. The summed E-state index contributed by atoms with van der Waals surface area (Å²) >= 11 is 0. The smallest absolute Gasteiger partial charge is 0.251 e. The third-order valence-electron chi connectivity index (χ3n) is 4.05. The highest BCUT2D eigenvalue weighted by atomic mass is 32.2. The Labute approximate surface area is 155 Å². The van der Waals surface area contributed by atoms with E-state index in [4.69, 9.17) is 0 Å². The van der Waals surface area contributed by atoms with Crippen LogP contribution < -0.4 is 10.0 Å². The SMILES string of the molecule is Cc1ccc(C(=O)NCCNS(=O)(=O)c2ccc(C(C)(C)C)cc2)cc1. The fraction of sp³-hybridized carbons (Fsp3) is 0.350. The van der Waals surface area contributed by atoms with Crippen molar-refractivity contribution < 1.29 is 13.2 Å². The average molecular weight is 375 g/mol. The molecule has 0 aliphatic rings. The molecule has 5 nitrogen and oxygen atoms in total. The second-order valence-electron chi connectivity index (χ2n) is 7.29. The molecule has 0 aromatic heterocycles. The lowest BCUT2D eigenvalue weighted by Crippen LogP contribution is -2.34. The first-order valence-electron chi connectivity index (χ1n) is 8.55. The number of nitrogens with one attached hydrogen (secondary N) is 2. The molecule has 2 N–H and O–H groups in total. The molecule has 0 aliphatic heterocycles. The number of aryl methyl sites for hydroxylation is 1. The van der Waals surface area contributed by atoms with E-state index in [0.29, 0.717) is 5.56 Å². The van der Waals surface area contributed by atoms with E-state index in [1.807, 2.05) is 31.2 Å². The summed E-state index contributed by atoms with van der Waals surface area (Å²) in [5, 5.41) is 2.71. The van der Waals surface area contributed by atoms with Gasteiger partial charge >= 0.3 is 0 Å². The number of hydrogen-bond donors (Lipinski definition) is 2. The number of hydrogen-bond acceptors (Lipinski definition) is 3. The molecule has 0 saturated carbocycles. The molecule has 2 aromatic carbocycles. The predicted octanol–water partition coefficient (Wildman–Crippen LogP) is 3.00. The summed E-state index contributed by atoms with van der Waals surface area (Å²) in [5.74, 6) is -0.223. The van der Waals surface area contributed by atoms with E-state index in [1.54, 1.807) is 24.3 Å². The van der Waals surface area contributed by atoms with E-state index in [9.17, 15) is 13.2 Å². The van der Waals surface area contributed by atoms with Crippen LogP contribution in [0.1, 0.15) is 42.3 Å². The molecule has 2 aromatic rings. The quantitative estimate of drug-likeness (QED) is 0.763. The summed E-state index contributed by atoms with van der Waals surface area (Å²) in [6.07, 6.45) is 0. The van der Waals surface area contributed by atoms with Gasteiger partial charge < -0.3 is 5.32 Å². The maximum Gasteiger partial charge on any atom is 0.251 e. The number of benzene rings is 2. The standard InChI is InChI=1S/C20H26N2O3S/c1-15-5-7-16(8-6-15)19(23)21-13-14-22-26(24,25)18-11-9-17(10-12-18)20(2,3)4/h5-12,22H,13-14H2,1-4H3,(H,21,23). The van der Waals surface area contributed by atoms with Crippen LogP contribution in [0.4, 0.5) is 0 Å². The van der Waals surface area contributed by atoms with Crippen LogP contribution in [-0.4, -0.2) is 27.4 Å². The summed E-state index contributed by atoms with van der Waals surface area (Å²) < 4.78 is 27.1. The van der Waals surface area contributed by atoms with Crippen LogP contribution in [0, 0.1) is 6.92 Å². The van der Waals surface area contributed by atoms with Gasteiger partial charge in [-0.15, -0.1) is 0 Å². The molecule has 0 fully saturated rings. The van der Waals surface area contributed by atoms with Crippen LogP contribution in [0.3, 0.4) is 0 Å². The van der Waals surface area contributed by atoms with Gasteiger partial charge in [-0.25, -0.2) is 13.1 Å². The highest BCUT2D eigenvalue weighted by Crippen LogP contribution is 2.23. The topological polar surface area (TPSA) is 75.3 Å². The van der Waals surface area contributed by atoms with Gasteiger partial charge in [0, 0.05) is 18.7 Å². The van der Waals surface area contributed by atoms with Crippen molar-refractivity contribution in [3.8, 4) is 0 Å². The number of carbonyl (C=O) groups is 1. The third kappa shape index (κ3) is 5.41. The fourth-order valence-electron chi connectivity index (χ4n) is 2.39. The molecule has 0 unspecified atom stereocenters. The van der Waals surface area contributed by atoms with E-state index in [2.05, 4.69) is 30.8 Å².